The third-order valence-corrected chi connectivity index (χ3v) is 2.32. The number of hydrogen-bond acceptors (Lipinski definition) is 4. The van der Waals surface area contributed by atoms with Crippen LogP contribution in [0.1, 0.15) is 0 Å². The monoisotopic (exact) mass is 286 g/mol. The molecule has 1 aromatic rings. The van der Waals surface area contributed by atoms with Crippen LogP contribution in [0, 0.1) is 0 Å². The van der Waals surface area contributed by atoms with E-state index in [1.807, 2.05) is 0 Å². The molecule has 0 saturated carbocycles. The van der Waals surface area contributed by atoms with Crippen LogP contribution in [0.25, 0.3) is 0 Å². The molecule has 0 radical (unpaired) electrons. The summed E-state index contributed by atoms with van der Waals surface area (Å²) in [6, 6.07) is 8.20. The first-order valence-corrected chi connectivity index (χ1v) is 6.53. The number of phosphoric acid groups is 1. The van der Waals surface area contributed by atoms with Gasteiger partial charge in [-0.3, -0.25) is 4.52 Å². The van der Waals surface area contributed by atoms with E-state index in [4.69, 9.17) is 28.1 Å². The van der Waals surface area contributed by atoms with E-state index in [9.17, 15) is 4.57 Å². The second-order valence-electron chi connectivity index (χ2n) is 2.63. The summed E-state index contributed by atoms with van der Waals surface area (Å²) in [5.74, 6) is 0.272. The Morgan fingerprint density at radius 1 is 1.31 bits per heavy atom. The van der Waals surface area contributed by atoms with Crippen LogP contribution >= 0.6 is 31.0 Å². The van der Waals surface area contributed by atoms with Gasteiger partial charge in [0, 0.05) is 0 Å². The van der Waals surface area contributed by atoms with Crippen LogP contribution in [0.3, 0.4) is 0 Å². The summed E-state index contributed by atoms with van der Waals surface area (Å²) >= 11 is 10.6. The Balaban J connectivity index is 2.39. The lowest BCUT2D eigenvalue weighted by molar-refractivity contribution is -0.127. The number of phosphoric ester groups is 1. The fourth-order valence-corrected chi connectivity index (χ4v) is 1.60. The van der Waals surface area contributed by atoms with Crippen molar-refractivity contribution in [1.82, 2.24) is 0 Å². The van der Waals surface area contributed by atoms with Crippen LogP contribution in [0.4, 0.5) is 0 Å². The maximum absolute atomic E-state index is 11.2. The van der Waals surface area contributed by atoms with Crippen LogP contribution < -0.4 is 4.89 Å². The van der Waals surface area contributed by atoms with Crippen molar-refractivity contribution >= 4 is 31.0 Å². The Morgan fingerprint density at radius 2 is 1.94 bits per heavy atom. The Labute approximate surface area is 102 Å². The third kappa shape index (κ3) is 5.70. The molecule has 1 atom stereocenters. The highest BCUT2D eigenvalue weighted by Crippen LogP contribution is 2.43. The van der Waals surface area contributed by atoms with Gasteiger partial charge in [-0.25, -0.2) is 4.57 Å². The largest absolute Gasteiger partial charge is 0.508 e. The summed E-state index contributed by atoms with van der Waals surface area (Å²) in [6.07, 6.45) is 0. The molecule has 0 heterocycles. The molecular weight excluding hydrogens is 278 g/mol. The lowest BCUT2D eigenvalue weighted by atomic mass is 10.3. The quantitative estimate of drug-likeness (QED) is 0.377. The number of rotatable bonds is 6. The molecule has 0 fully saturated rings. The minimum atomic E-state index is -4.30. The normalized spacial score (nSPS) is 14.8. The highest BCUT2D eigenvalue weighted by Gasteiger charge is 2.24. The number of alkyl halides is 2. The van der Waals surface area contributed by atoms with E-state index in [1.54, 1.807) is 30.3 Å². The molecule has 0 bridgehead atoms. The molecule has 90 valence electrons. The van der Waals surface area contributed by atoms with E-state index in [0.29, 0.717) is 0 Å². The molecule has 16 heavy (non-hydrogen) atoms. The van der Waals surface area contributed by atoms with Gasteiger partial charge in [0.05, 0.1) is 6.61 Å². The molecule has 8 heteroatoms. The molecule has 5 nitrogen and oxygen atoms in total. The maximum atomic E-state index is 11.2. The summed E-state index contributed by atoms with van der Waals surface area (Å²) in [5, 5.41) is 0. The van der Waals surface area contributed by atoms with Crippen LogP contribution in [0.5, 0.6) is 5.75 Å². The highest BCUT2D eigenvalue weighted by atomic mass is 35.5. The van der Waals surface area contributed by atoms with Crippen molar-refractivity contribution in [1.29, 1.82) is 0 Å². The summed E-state index contributed by atoms with van der Waals surface area (Å²) in [7, 11) is -4.30. The van der Waals surface area contributed by atoms with Crippen LogP contribution in [0.15, 0.2) is 30.3 Å². The number of hydrogen-bond donors (Lipinski definition) is 1. The SMILES string of the molecule is O=P(O)(OCC(Cl)Cl)OOc1ccccc1. The topological polar surface area (TPSA) is 65.0 Å². The van der Waals surface area contributed by atoms with Gasteiger partial charge in [-0.1, -0.05) is 22.9 Å². The van der Waals surface area contributed by atoms with E-state index in [2.05, 4.69) is 14.1 Å². The number of benzene rings is 1. The molecule has 0 saturated heterocycles. The number of halogens is 2. The van der Waals surface area contributed by atoms with Gasteiger partial charge in [-0.15, -0.1) is 23.2 Å². The van der Waals surface area contributed by atoms with E-state index >= 15 is 0 Å². The Hall–Kier alpha value is -0.290. The lowest BCUT2D eigenvalue weighted by Crippen LogP contribution is -2.04. The Morgan fingerprint density at radius 3 is 2.50 bits per heavy atom. The fraction of sp³-hybridized carbons (Fsp3) is 0.250. The van der Waals surface area contributed by atoms with Gasteiger partial charge in [-0.2, -0.15) is 0 Å². The second-order valence-corrected chi connectivity index (χ2v) is 5.25. The third-order valence-electron chi connectivity index (χ3n) is 1.33. The highest BCUT2D eigenvalue weighted by molar-refractivity contribution is 7.47. The zero-order valence-electron chi connectivity index (χ0n) is 7.95. The van der Waals surface area contributed by atoms with Gasteiger partial charge in [-0.05, 0) is 12.1 Å². The Kier molecular flexibility index (Phi) is 5.55. The first-order chi connectivity index (χ1) is 7.49. The van der Waals surface area contributed by atoms with Gasteiger partial charge in [0.25, 0.3) is 0 Å². The van der Waals surface area contributed by atoms with Crippen molar-refractivity contribution in [2.45, 2.75) is 4.84 Å². The first kappa shape index (κ1) is 13.8. The van der Waals surface area contributed by atoms with Crippen LogP contribution in [-0.4, -0.2) is 16.3 Å². The average molecular weight is 287 g/mol. The minimum Gasteiger partial charge on any atom is -0.327 e. The van der Waals surface area contributed by atoms with Crippen molar-refractivity contribution in [3.8, 4) is 5.75 Å². The molecule has 1 N–H and O–H groups in total. The fourth-order valence-electron chi connectivity index (χ4n) is 0.738. The molecular formula is C8H9Cl2O5P. The van der Waals surface area contributed by atoms with Crippen LogP contribution in [-0.2, 0) is 13.8 Å². The average Bonchev–Trinajstić information content (AvgIpc) is 2.26. The van der Waals surface area contributed by atoms with Gasteiger partial charge in [0.2, 0.25) is 0 Å². The predicted octanol–water partition coefficient (Wildman–Crippen LogP) is 2.92. The van der Waals surface area contributed by atoms with Gasteiger partial charge >= 0.3 is 7.82 Å². The van der Waals surface area contributed by atoms with Gasteiger partial charge in [0.1, 0.15) is 4.84 Å². The smallest absolute Gasteiger partial charge is 0.327 e. The van der Waals surface area contributed by atoms with Crippen molar-refractivity contribution in [2.24, 2.45) is 0 Å². The van der Waals surface area contributed by atoms with Crippen molar-refractivity contribution in [2.75, 3.05) is 6.61 Å². The molecule has 0 aliphatic carbocycles. The summed E-state index contributed by atoms with van der Waals surface area (Å²) in [5.41, 5.74) is 0. The van der Waals surface area contributed by atoms with E-state index < -0.39 is 12.7 Å². The maximum Gasteiger partial charge on any atom is 0.508 e. The molecule has 0 aliphatic rings. The second kappa shape index (κ2) is 6.45. The molecule has 1 unspecified atom stereocenters. The first-order valence-electron chi connectivity index (χ1n) is 4.16. The standard InChI is InChI=1S/C8H9Cl2O5P/c9-8(10)6-13-16(11,12)15-14-7-4-2-1-3-5-7/h1-5,8H,6H2,(H,11,12). The van der Waals surface area contributed by atoms with Crippen LogP contribution in [0.2, 0.25) is 0 Å². The molecule has 1 rings (SSSR count). The minimum absolute atomic E-state index is 0.272. The summed E-state index contributed by atoms with van der Waals surface area (Å²) < 4.78 is 19.8. The number of para-hydroxylation sites is 1. The zero-order valence-corrected chi connectivity index (χ0v) is 10.4. The van der Waals surface area contributed by atoms with E-state index in [0.717, 1.165) is 0 Å². The van der Waals surface area contributed by atoms with Gasteiger partial charge in [0.15, 0.2) is 5.75 Å². The predicted molar refractivity (Wildman–Crippen MR) is 59.4 cm³/mol. The molecule has 0 aliphatic heterocycles. The van der Waals surface area contributed by atoms with Crippen molar-refractivity contribution in [3.05, 3.63) is 30.3 Å². The molecule has 1 aromatic carbocycles. The van der Waals surface area contributed by atoms with Crippen molar-refractivity contribution in [3.63, 3.8) is 0 Å². The molecule has 0 amide bonds. The zero-order chi connectivity index (χ0) is 12.0. The lowest BCUT2D eigenvalue weighted by Gasteiger charge is -2.11. The van der Waals surface area contributed by atoms with Crippen molar-refractivity contribution < 1.29 is 23.5 Å². The summed E-state index contributed by atoms with van der Waals surface area (Å²) in [4.78, 5) is 12.8. The van der Waals surface area contributed by atoms with E-state index in [1.165, 1.54) is 0 Å². The summed E-state index contributed by atoms with van der Waals surface area (Å²) in [6.45, 7) is -0.338. The Bertz CT molecular complexity index is 359. The van der Waals surface area contributed by atoms with E-state index in [-0.39, 0.29) is 12.4 Å². The molecule has 0 spiro atoms. The van der Waals surface area contributed by atoms with Gasteiger partial charge < -0.3 is 9.78 Å². The molecule has 0 aromatic heterocycles.